The molecule has 6 nitrogen and oxygen atoms in total. The van der Waals surface area contributed by atoms with Crippen LogP contribution in [0, 0.1) is 5.92 Å². The normalized spacial score (nSPS) is 14.4. The Hall–Kier alpha value is -2.67. The summed E-state index contributed by atoms with van der Waals surface area (Å²) in [5.74, 6) is 1.13. The number of hydrogen-bond donors (Lipinski definition) is 2. The predicted octanol–water partition coefficient (Wildman–Crippen LogP) is 5.07. The number of hydrogen-bond acceptors (Lipinski definition) is 3. The Morgan fingerprint density at radius 2 is 1.78 bits per heavy atom. The molecule has 1 heterocycles. The van der Waals surface area contributed by atoms with Crippen LogP contribution in [0.15, 0.2) is 53.0 Å². The third kappa shape index (κ3) is 5.76. The number of anilines is 1. The highest BCUT2D eigenvalue weighted by Crippen LogP contribution is 2.23. The van der Waals surface area contributed by atoms with Crippen molar-refractivity contribution in [3.63, 3.8) is 0 Å². The molecule has 1 aromatic heterocycles. The lowest BCUT2D eigenvalue weighted by Crippen LogP contribution is -2.32. The number of nitrogens with zero attached hydrogens (tertiary/aromatic N) is 2. The standard InChI is InChI=1S/C25H29BrN4O2/c26-19-12-14-20(15-13-19)28-24(31)17-30-22-10-5-4-9-21(22)29-23(30)11-6-16-27-25(32)18-7-2-1-3-8-18/h4-5,9-10,12-15,18H,1-3,6-8,11,16-17H2,(H,27,32)(H,28,31). The first-order valence-corrected chi connectivity index (χ1v) is 12.2. The molecule has 2 aromatic carbocycles. The van der Waals surface area contributed by atoms with Crippen molar-refractivity contribution in [3.05, 3.63) is 58.8 Å². The zero-order valence-electron chi connectivity index (χ0n) is 18.1. The third-order valence-electron chi connectivity index (χ3n) is 6.02. The predicted molar refractivity (Wildman–Crippen MR) is 130 cm³/mol. The summed E-state index contributed by atoms with van der Waals surface area (Å²) in [7, 11) is 0. The molecule has 2 amide bonds. The van der Waals surface area contributed by atoms with Crippen LogP contribution in [0.25, 0.3) is 11.0 Å². The maximum absolute atomic E-state index is 12.7. The van der Waals surface area contributed by atoms with Crippen LogP contribution in [-0.2, 0) is 22.6 Å². The SMILES string of the molecule is O=C(Cn1c(CCCNC(=O)C2CCCCC2)nc2ccccc21)Nc1ccc(Br)cc1. The van der Waals surface area contributed by atoms with Crippen molar-refractivity contribution in [2.24, 2.45) is 5.92 Å². The number of amides is 2. The van der Waals surface area contributed by atoms with Crippen LogP contribution in [0.1, 0.15) is 44.3 Å². The number of imidazole rings is 1. The van der Waals surface area contributed by atoms with E-state index in [2.05, 4.69) is 26.6 Å². The van der Waals surface area contributed by atoms with Gasteiger partial charge in [0.05, 0.1) is 11.0 Å². The van der Waals surface area contributed by atoms with Gasteiger partial charge in [-0.1, -0.05) is 47.3 Å². The summed E-state index contributed by atoms with van der Waals surface area (Å²) >= 11 is 3.41. The molecule has 0 saturated heterocycles. The van der Waals surface area contributed by atoms with Crippen LogP contribution in [0.5, 0.6) is 0 Å². The second kappa shape index (κ2) is 10.8. The molecule has 0 bridgehead atoms. The number of carbonyl (C=O) groups is 2. The Kier molecular flexibility index (Phi) is 7.58. The smallest absolute Gasteiger partial charge is 0.244 e. The Labute approximate surface area is 196 Å². The topological polar surface area (TPSA) is 76.0 Å². The average Bonchev–Trinajstić information content (AvgIpc) is 3.16. The summed E-state index contributed by atoms with van der Waals surface area (Å²) in [6, 6.07) is 15.4. The molecule has 0 unspecified atom stereocenters. The molecule has 7 heteroatoms. The number of benzene rings is 2. The monoisotopic (exact) mass is 496 g/mol. The van der Waals surface area contributed by atoms with E-state index in [4.69, 9.17) is 4.98 Å². The van der Waals surface area contributed by atoms with E-state index in [1.807, 2.05) is 53.1 Å². The Bertz CT molecular complexity index is 1070. The number of halogens is 1. The molecule has 32 heavy (non-hydrogen) atoms. The van der Waals surface area contributed by atoms with Crippen molar-refractivity contribution in [1.82, 2.24) is 14.9 Å². The van der Waals surface area contributed by atoms with Gasteiger partial charge < -0.3 is 15.2 Å². The van der Waals surface area contributed by atoms with Crippen LogP contribution in [0.2, 0.25) is 0 Å². The maximum atomic E-state index is 12.7. The fourth-order valence-corrected chi connectivity index (χ4v) is 4.60. The molecule has 0 radical (unpaired) electrons. The average molecular weight is 497 g/mol. The second-order valence-electron chi connectivity index (χ2n) is 8.39. The van der Waals surface area contributed by atoms with Gasteiger partial charge in [-0.2, -0.15) is 0 Å². The zero-order chi connectivity index (χ0) is 22.3. The molecule has 4 rings (SSSR count). The number of carbonyl (C=O) groups excluding carboxylic acids is 2. The van der Waals surface area contributed by atoms with E-state index < -0.39 is 0 Å². The molecule has 1 saturated carbocycles. The molecular formula is C25H29BrN4O2. The highest BCUT2D eigenvalue weighted by Gasteiger charge is 2.20. The second-order valence-corrected chi connectivity index (χ2v) is 9.30. The van der Waals surface area contributed by atoms with Crippen LogP contribution in [0.4, 0.5) is 5.69 Å². The first-order chi connectivity index (χ1) is 15.6. The Morgan fingerprint density at radius 1 is 1.03 bits per heavy atom. The van der Waals surface area contributed by atoms with Crippen molar-refractivity contribution in [2.45, 2.75) is 51.5 Å². The molecular weight excluding hydrogens is 468 g/mol. The lowest BCUT2D eigenvalue weighted by atomic mass is 9.89. The van der Waals surface area contributed by atoms with Crippen molar-refractivity contribution in [1.29, 1.82) is 0 Å². The van der Waals surface area contributed by atoms with Gasteiger partial charge in [0.1, 0.15) is 12.4 Å². The van der Waals surface area contributed by atoms with Crippen LogP contribution in [0.3, 0.4) is 0 Å². The van der Waals surface area contributed by atoms with Gasteiger partial charge >= 0.3 is 0 Å². The highest BCUT2D eigenvalue weighted by molar-refractivity contribution is 9.10. The summed E-state index contributed by atoms with van der Waals surface area (Å²) < 4.78 is 2.95. The zero-order valence-corrected chi connectivity index (χ0v) is 19.7. The minimum absolute atomic E-state index is 0.0951. The van der Waals surface area contributed by atoms with Crippen molar-refractivity contribution in [2.75, 3.05) is 11.9 Å². The molecule has 2 N–H and O–H groups in total. The van der Waals surface area contributed by atoms with Gasteiger partial charge in [-0.25, -0.2) is 4.98 Å². The number of aryl methyl sites for hydroxylation is 1. The Morgan fingerprint density at radius 3 is 2.56 bits per heavy atom. The summed E-state index contributed by atoms with van der Waals surface area (Å²) in [6.07, 6.45) is 7.07. The number of nitrogens with one attached hydrogen (secondary N) is 2. The van der Waals surface area contributed by atoms with Gasteiger partial charge in [0.25, 0.3) is 0 Å². The van der Waals surface area contributed by atoms with Gasteiger partial charge in [-0.3, -0.25) is 9.59 Å². The third-order valence-corrected chi connectivity index (χ3v) is 6.54. The van der Waals surface area contributed by atoms with Gasteiger partial charge in [0.15, 0.2) is 0 Å². The summed E-state index contributed by atoms with van der Waals surface area (Å²) in [6.45, 7) is 0.823. The highest BCUT2D eigenvalue weighted by atomic mass is 79.9. The minimum Gasteiger partial charge on any atom is -0.356 e. The fraction of sp³-hybridized carbons (Fsp3) is 0.400. The van der Waals surface area contributed by atoms with E-state index in [9.17, 15) is 9.59 Å². The quantitative estimate of drug-likeness (QED) is 0.427. The first-order valence-electron chi connectivity index (χ1n) is 11.4. The number of fused-ring (bicyclic) bond motifs is 1. The van der Waals surface area contributed by atoms with Crippen LogP contribution in [-0.4, -0.2) is 27.9 Å². The number of aromatic nitrogens is 2. The van der Waals surface area contributed by atoms with Gasteiger partial charge in [0.2, 0.25) is 11.8 Å². The molecule has 3 aromatic rings. The molecule has 1 fully saturated rings. The molecule has 0 atom stereocenters. The molecule has 0 spiro atoms. The van der Waals surface area contributed by atoms with E-state index >= 15 is 0 Å². The van der Waals surface area contributed by atoms with Crippen molar-refractivity contribution in [3.8, 4) is 0 Å². The first kappa shape index (κ1) is 22.5. The fourth-order valence-electron chi connectivity index (χ4n) is 4.34. The van der Waals surface area contributed by atoms with Crippen LogP contribution < -0.4 is 10.6 Å². The van der Waals surface area contributed by atoms with E-state index in [0.29, 0.717) is 13.0 Å². The summed E-state index contributed by atoms with van der Waals surface area (Å²) in [5, 5.41) is 6.05. The van der Waals surface area contributed by atoms with E-state index in [1.54, 1.807) is 0 Å². The van der Waals surface area contributed by atoms with E-state index in [0.717, 1.165) is 59.1 Å². The Balaban J connectivity index is 1.38. The molecule has 0 aliphatic heterocycles. The van der Waals surface area contributed by atoms with Gasteiger partial charge in [-0.15, -0.1) is 0 Å². The van der Waals surface area contributed by atoms with Crippen molar-refractivity contribution >= 4 is 44.5 Å². The summed E-state index contributed by atoms with van der Waals surface area (Å²) in [5.41, 5.74) is 2.58. The largest absolute Gasteiger partial charge is 0.356 e. The van der Waals surface area contributed by atoms with Crippen molar-refractivity contribution < 1.29 is 9.59 Å². The van der Waals surface area contributed by atoms with Gasteiger partial charge in [-0.05, 0) is 55.7 Å². The lowest BCUT2D eigenvalue weighted by molar-refractivity contribution is -0.125. The minimum atomic E-state index is -0.0951. The number of rotatable bonds is 8. The van der Waals surface area contributed by atoms with Crippen LogP contribution >= 0.6 is 15.9 Å². The molecule has 1 aliphatic carbocycles. The number of para-hydroxylation sites is 2. The maximum Gasteiger partial charge on any atom is 0.244 e. The van der Waals surface area contributed by atoms with E-state index in [-0.39, 0.29) is 24.3 Å². The lowest BCUT2D eigenvalue weighted by Gasteiger charge is -2.20. The molecule has 1 aliphatic rings. The molecule has 168 valence electrons. The van der Waals surface area contributed by atoms with E-state index in [1.165, 1.54) is 6.42 Å². The van der Waals surface area contributed by atoms with Gasteiger partial charge in [0, 0.05) is 29.0 Å². The summed E-state index contributed by atoms with van der Waals surface area (Å²) in [4.78, 5) is 29.9.